The Hall–Kier alpha value is -2.23. The first-order valence-electron chi connectivity index (χ1n) is 10.5. The predicted molar refractivity (Wildman–Crippen MR) is 109 cm³/mol. The molecule has 4 rings (SSSR count). The van der Waals surface area contributed by atoms with Gasteiger partial charge in [-0.1, -0.05) is 57.4 Å². The molecule has 2 aromatic rings. The monoisotopic (exact) mass is 365 g/mol. The molecule has 0 bridgehead atoms. The minimum Gasteiger partial charge on any atom is -0.348 e. The third-order valence-corrected chi connectivity index (χ3v) is 6.15. The smallest absolute Gasteiger partial charge is 0.318 e. The SMILES string of the molecule is CC(C)c1ccc(C2c3cccn3CCN2C(=O)NC2CCCCC2)cc1. The van der Waals surface area contributed by atoms with Gasteiger partial charge in [-0.3, -0.25) is 0 Å². The fourth-order valence-electron chi connectivity index (χ4n) is 4.52. The fraction of sp³-hybridized carbons (Fsp3) is 0.522. The number of carbonyl (C=O) groups excluding carboxylic acids is 1. The number of hydrogen-bond acceptors (Lipinski definition) is 1. The van der Waals surface area contributed by atoms with Crippen molar-refractivity contribution in [1.29, 1.82) is 0 Å². The molecule has 1 saturated carbocycles. The van der Waals surface area contributed by atoms with Crippen molar-refractivity contribution in [1.82, 2.24) is 14.8 Å². The highest BCUT2D eigenvalue weighted by Gasteiger charge is 2.33. The van der Waals surface area contributed by atoms with Crippen molar-refractivity contribution in [3.8, 4) is 0 Å². The number of carbonyl (C=O) groups is 1. The van der Waals surface area contributed by atoms with E-state index in [1.54, 1.807) is 0 Å². The number of fused-ring (bicyclic) bond motifs is 1. The number of nitrogens with zero attached hydrogens (tertiary/aromatic N) is 2. The first-order valence-corrected chi connectivity index (χ1v) is 10.5. The Balaban J connectivity index is 1.60. The summed E-state index contributed by atoms with van der Waals surface area (Å²) in [5, 5.41) is 3.32. The van der Waals surface area contributed by atoms with Crippen LogP contribution in [-0.4, -0.2) is 28.1 Å². The average molecular weight is 366 g/mol. The van der Waals surface area contributed by atoms with Crippen LogP contribution in [0.2, 0.25) is 0 Å². The van der Waals surface area contributed by atoms with Crippen molar-refractivity contribution in [2.24, 2.45) is 0 Å². The highest BCUT2D eigenvalue weighted by atomic mass is 16.2. The fourth-order valence-corrected chi connectivity index (χ4v) is 4.52. The number of nitrogens with one attached hydrogen (secondary N) is 1. The van der Waals surface area contributed by atoms with E-state index < -0.39 is 0 Å². The van der Waals surface area contributed by atoms with Gasteiger partial charge in [0.1, 0.15) is 0 Å². The largest absolute Gasteiger partial charge is 0.348 e. The van der Waals surface area contributed by atoms with Gasteiger partial charge in [0.15, 0.2) is 0 Å². The summed E-state index contributed by atoms with van der Waals surface area (Å²) in [5.74, 6) is 0.514. The van der Waals surface area contributed by atoms with Crippen LogP contribution in [0, 0.1) is 0 Å². The van der Waals surface area contributed by atoms with Gasteiger partial charge in [-0.2, -0.15) is 0 Å². The summed E-state index contributed by atoms with van der Waals surface area (Å²) in [6.07, 6.45) is 8.12. The van der Waals surface area contributed by atoms with Gasteiger partial charge >= 0.3 is 6.03 Å². The molecular weight excluding hydrogens is 334 g/mol. The third kappa shape index (κ3) is 3.76. The molecule has 2 aliphatic rings. The van der Waals surface area contributed by atoms with Crippen LogP contribution in [0.1, 0.15) is 74.7 Å². The zero-order valence-corrected chi connectivity index (χ0v) is 16.5. The van der Waals surface area contributed by atoms with Crippen molar-refractivity contribution in [3.63, 3.8) is 0 Å². The Kier molecular flexibility index (Phi) is 5.24. The van der Waals surface area contributed by atoms with E-state index in [1.807, 2.05) is 4.90 Å². The van der Waals surface area contributed by atoms with Gasteiger partial charge in [-0.25, -0.2) is 4.79 Å². The Bertz CT molecular complexity index is 771. The Labute approximate surface area is 162 Å². The van der Waals surface area contributed by atoms with Crippen LogP contribution in [0.3, 0.4) is 0 Å². The summed E-state index contributed by atoms with van der Waals surface area (Å²) in [7, 11) is 0. The van der Waals surface area contributed by atoms with Crippen LogP contribution in [0.4, 0.5) is 4.79 Å². The Morgan fingerprint density at radius 3 is 2.48 bits per heavy atom. The van der Waals surface area contributed by atoms with Gasteiger partial charge in [0.25, 0.3) is 0 Å². The van der Waals surface area contributed by atoms with Crippen molar-refractivity contribution in [3.05, 3.63) is 59.4 Å². The van der Waals surface area contributed by atoms with E-state index in [1.165, 1.54) is 36.1 Å². The molecule has 1 aromatic carbocycles. The van der Waals surface area contributed by atoms with Gasteiger partial charge in [0.05, 0.1) is 6.04 Å². The molecule has 0 saturated heterocycles. The van der Waals surface area contributed by atoms with E-state index in [4.69, 9.17) is 0 Å². The van der Waals surface area contributed by atoms with Crippen LogP contribution in [0.25, 0.3) is 0 Å². The molecule has 4 heteroatoms. The molecule has 1 aliphatic heterocycles. The normalized spacial score (nSPS) is 20.6. The van der Waals surface area contributed by atoms with E-state index in [0.29, 0.717) is 12.0 Å². The van der Waals surface area contributed by atoms with E-state index in [-0.39, 0.29) is 12.1 Å². The summed E-state index contributed by atoms with van der Waals surface area (Å²) in [4.78, 5) is 15.2. The van der Waals surface area contributed by atoms with Gasteiger partial charge in [-0.15, -0.1) is 0 Å². The molecular formula is C23H31N3O. The average Bonchev–Trinajstić information content (AvgIpc) is 3.17. The molecule has 27 heavy (non-hydrogen) atoms. The number of urea groups is 1. The van der Waals surface area contributed by atoms with E-state index >= 15 is 0 Å². The van der Waals surface area contributed by atoms with Crippen LogP contribution >= 0.6 is 0 Å². The van der Waals surface area contributed by atoms with E-state index in [0.717, 1.165) is 25.9 Å². The van der Waals surface area contributed by atoms with Gasteiger partial charge in [0.2, 0.25) is 0 Å². The topological polar surface area (TPSA) is 37.3 Å². The molecule has 1 aliphatic carbocycles. The van der Waals surface area contributed by atoms with Gasteiger partial charge in [0, 0.05) is 31.0 Å². The lowest BCUT2D eigenvalue weighted by molar-refractivity contribution is 0.162. The molecule has 2 amide bonds. The second kappa shape index (κ2) is 7.79. The van der Waals surface area contributed by atoms with Crippen LogP contribution in [0.5, 0.6) is 0 Å². The molecule has 4 nitrogen and oxygen atoms in total. The standard InChI is InChI=1S/C23H31N3O/c1-17(2)18-10-12-19(13-11-18)22-21-9-6-14-25(21)15-16-26(22)23(27)24-20-7-4-3-5-8-20/h6,9-14,17,20,22H,3-5,7-8,15-16H2,1-2H3,(H,24,27). The first kappa shape index (κ1) is 18.1. The number of hydrogen-bond donors (Lipinski definition) is 1. The molecule has 2 heterocycles. The van der Waals surface area contributed by atoms with Crippen LogP contribution < -0.4 is 5.32 Å². The van der Waals surface area contributed by atoms with Crippen molar-refractivity contribution in [2.45, 2.75) is 70.5 Å². The lowest BCUT2D eigenvalue weighted by atomic mass is 9.95. The molecule has 1 aromatic heterocycles. The highest BCUT2D eigenvalue weighted by Crippen LogP contribution is 2.33. The molecule has 0 spiro atoms. The highest BCUT2D eigenvalue weighted by molar-refractivity contribution is 5.76. The molecule has 144 valence electrons. The maximum atomic E-state index is 13.2. The molecule has 1 N–H and O–H groups in total. The summed E-state index contributed by atoms with van der Waals surface area (Å²) in [5.41, 5.74) is 3.73. The Morgan fingerprint density at radius 1 is 1.04 bits per heavy atom. The first-order chi connectivity index (χ1) is 13.1. The lowest BCUT2D eigenvalue weighted by Crippen LogP contribution is -2.50. The van der Waals surface area contributed by atoms with Gasteiger partial charge < -0.3 is 14.8 Å². The lowest BCUT2D eigenvalue weighted by Gasteiger charge is -2.38. The zero-order chi connectivity index (χ0) is 18.8. The number of aromatic nitrogens is 1. The van der Waals surface area contributed by atoms with Gasteiger partial charge in [-0.05, 0) is 42.0 Å². The molecule has 0 radical (unpaired) electrons. The number of amides is 2. The van der Waals surface area contributed by atoms with E-state index in [9.17, 15) is 4.79 Å². The molecule has 1 unspecified atom stereocenters. The molecule has 1 fully saturated rings. The van der Waals surface area contributed by atoms with Crippen LogP contribution in [-0.2, 0) is 6.54 Å². The Morgan fingerprint density at radius 2 is 1.78 bits per heavy atom. The minimum atomic E-state index is -0.0152. The number of rotatable bonds is 3. The predicted octanol–water partition coefficient (Wildman–Crippen LogP) is 5.06. The minimum absolute atomic E-state index is 0.0152. The maximum Gasteiger partial charge on any atom is 0.318 e. The van der Waals surface area contributed by atoms with Crippen molar-refractivity contribution < 1.29 is 4.79 Å². The second-order valence-electron chi connectivity index (χ2n) is 8.33. The summed E-state index contributed by atoms with van der Waals surface area (Å²) in [6.45, 7) is 6.03. The maximum absolute atomic E-state index is 13.2. The van der Waals surface area contributed by atoms with Crippen LogP contribution in [0.15, 0.2) is 42.6 Å². The van der Waals surface area contributed by atoms with Crippen molar-refractivity contribution in [2.75, 3.05) is 6.54 Å². The summed E-state index contributed by atoms with van der Waals surface area (Å²) >= 11 is 0. The third-order valence-electron chi connectivity index (χ3n) is 6.15. The second-order valence-corrected chi connectivity index (χ2v) is 8.33. The quantitative estimate of drug-likeness (QED) is 0.811. The summed E-state index contributed by atoms with van der Waals surface area (Å²) < 4.78 is 2.28. The zero-order valence-electron chi connectivity index (χ0n) is 16.5. The number of benzene rings is 1. The van der Waals surface area contributed by atoms with Crippen molar-refractivity contribution >= 4 is 6.03 Å². The molecule has 1 atom stereocenters. The van der Waals surface area contributed by atoms with E-state index in [2.05, 4.69) is 66.3 Å². The summed E-state index contributed by atoms with van der Waals surface area (Å²) in [6, 6.07) is 13.5.